The number of aryl methyl sites for hydroxylation is 1. The molecule has 1 saturated carbocycles. The Bertz CT molecular complexity index is 490. The highest BCUT2D eigenvalue weighted by Gasteiger charge is 2.37. The summed E-state index contributed by atoms with van der Waals surface area (Å²) in [6, 6.07) is 5.69. The number of nitriles is 1. The van der Waals surface area contributed by atoms with Gasteiger partial charge in [-0.2, -0.15) is 5.26 Å². The van der Waals surface area contributed by atoms with Gasteiger partial charge in [0.05, 0.1) is 6.07 Å². The van der Waals surface area contributed by atoms with Gasteiger partial charge in [0.15, 0.2) is 5.76 Å². The molecule has 1 aliphatic carbocycles. The average molecular weight is 260 g/mol. The van der Waals surface area contributed by atoms with Crippen LogP contribution in [0.15, 0.2) is 16.5 Å². The van der Waals surface area contributed by atoms with Crippen molar-refractivity contribution in [3.05, 3.63) is 23.7 Å². The molecular weight excluding hydrogens is 240 g/mol. The maximum Gasteiger partial charge on any atom is 0.288 e. The third-order valence-electron chi connectivity index (χ3n) is 4.07. The molecule has 0 aliphatic heterocycles. The van der Waals surface area contributed by atoms with Crippen LogP contribution in [0.25, 0.3) is 0 Å². The highest BCUT2D eigenvalue weighted by molar-refractivity contribution is 5.92. The van der Waals surface area contributed by atoms with Crippen molar-refractivity contribution < 1.29 is 9.21 Å². The van der Waals surface area contributed by atoms with E-state index in [0.717, 1.165) is 32.1 Å². The van der Waals surface area contributed by atoms with Crippen molar-refractivity contribution >= 4 is 5.91 Å². The van der Waals surface area contributed by atoms with Gasteiger partial charge in [-0.25, -0.2) is 0 Å². The quantitative estimate of drug-likeness (QED) is 0.907. The lowest BCUT2D eigenvalue weighted by molar-refractivity contribution is 0.0861. The summed E-state index contributed by atoms with van der Waals surface area (Å²) in [6.07, 6.45) is 4.61. The molecule has 1 aliphatic rings. The third-order valence-corrected chi connectivity index (χ3v) is 4.07. The normalized spacial score (nSPS) is 26.7. The highest BCUT2D eigenvalue weighted by Crippen LogP contribution is 2.33. The largest absolute Gasteiger partial charge is 0.456 e. The second-order valence-electron chi connectivity index (χ2n) is 5.41. The van der Waals surface area contributed by atoms with E-state index in [1.165, 1.54) is 0 Å². The summed E-state index contributed by atoms with van der Waals surface area (Å²) >= 11 is 0. The summed E-state index contributed by atoms with van der Waals surface area (Å²) in [6.45, 7) is 3.97. The fourth-order valence-corrected chi connectivity index (χ4v) is 2.68. The predicted octanol–water partition coefficient (Wildman–Crippen LogP) is 3.18. The van der Waals surface area contributed by atoms with Gasteiger partial charge in [0.1, 0.15) is 11.3 Å². The molecule has 1 fully saturated rings. The number of furan rings is 1. The van der Waals surface area contributed by atoms with Crippen molar-refractivity contribution in [3.63, 3.8) is 0 Å². The molecule has 2 rings (SSSR count). The van der Waals surface area contributed by atoms with Crippen LogP contribution in [0.1, 0.15) is 55.3 Å². The molecule has 1 amide bonds. The van der Waals surface area contributed by atoms with E-state index in [1.807, 2.05) is 0 Å². The highest BCUT2D eigenvalue weighted by atomic mass is 16.3. The SMILES string of the molecule is CCC1CCC(C#N)(NC(=O)c2ccc(C)o2)CC1. The minimum atomic E-state index is -0.719. The lowest BCUT2D eigenvalue weighted by Crippen LogP contribution is -2.49. The first-order valence-electron chi connectivity index (χ1n) is 6.89. The van der Waals surface area contributed by atoms with Crippen LogP contribution in [0.4, 0.5) is 0 Å². The standard InChI is InChI=1S/C15H20N2O2/c1-3-12-6-8-15(10-16,9-7-12)17-14(18)13-5-4-11(2)19-13/h4-5,12H,3,6-9H2,1-2H3,(H,17,18). The topological polar surface area (TPSA) is 66.0 Å². The zero-order valence-corrected chi connectivity index (χ0v) is 11.5. The maximum absolute atomic E-state index is 12.1. The van der Waals surface area contributed by atoms with E-state index < -0.39 is 5.54 Å². The van der Waals surface area contributed by atoms with Crippen LogP contribution in [-0.4, -0.2) is 11.4 Å². The van der Waals surface area contributed by atoms with E-state index in [-0.39, 0.29) is 11.7 Å². The molecule has 1 aromatic rings. The molecule has 4 nitrogen and oxygen atoms in total. The summed E-state index contributed by atoms with van der Waals surface area (Å²) in [5, 5.41) is 12.3. The molecule has 0 bridgehead atoms. The number of carbonyl (C=O) groups is 1. The number of nitrogens with zero attached hydrogens (tertiary/aromatic N) is 1. The molecule has 0 aromatic carbocycles. The molecule has 1 aromatic heterocycles. The Morgan fingerprint density at radius 1 is 1.53 bits per heavy atom. The zero-order valence-electron chi connectivity index (χ0n) is 11.5. The molecule has 4 heteroatoms. The van der Waals surface area contributed by atoms with Crippen LogP contribution in [0.3, 0.4) is 0 Å². The van der Waals surface area contributed by atoms with E-state index in [1.54, 1.807) is 19.1 Å². The Balaban J connectivity index is 2.04. The minimum Gasteiger partial charge on any atom is -0.456 e. The predicted molar refractivity (Wildman–Crippen MR) is 71.5 cm³/mol. The van der Waals surface area contributed by atoms with Gasteiger partial charge in [0.2, 0.25) is 0 Å². The fraction of sp³-hybridized carbons (Fsp3) is 0.600. The summed E-state index contributed by atoms with van der Waals surface area (Å²) in [7, 11) is 0. The molecular formula is C15H20N2O2. The van der Waals surface area contributed by atoms with Crippen LogP contribution < -0.4 is 5.32 Å². The van der Waals surface area contributed by atoms with Crippen LogP contribution in [0.5, 0.6) is 0 Å². The van der Waals surface area contributed by atoms with E-state index in [2.05, 4.69) is 18.3 Å². The smallest absolute Gasteiger partial charge is 0.288 e. The molecule has 0 spiro atoms. The van der Waals surface area contributed by atoms with Crippen molar-refractivity contribution in [2.24, 2.45) is 5.92 Å². The molecule has 19 heavy (non-hydrogen) atoms. The monoisotopic (exact) mass is 260 g/mol. The molecule has 1 N–H and O–H groups in total. The third kappa shape index (κ3) is 2.98. The van der Waals surface area contributed by atoms with Gasteiger partial charge in [-0.3, -0.25) is 4.79 Å². The van der Waals surface area contributed by atoms with Gasteiger partial charge in [0, 0.05) is 0 Å². The number of hydrogen-bond donors (Lipinski definition) is 1. The van der Waals surface area contributed by atoms with E-state index >= 15 is 0 Å². The van der Waals surface area contributed by atoms with Crippen LogP contribution in [0, 0.1) is 24.2 Å². The first-order chi connectivity index (χ1) is 9.08. The van der Waals surface area contributed by atoms with Crippen molar-refractivity contribution in [3.8, 4) is 6.07 Å². The van der Waals surface area contributed by atoms with Crippen LogP contribution in [-0.2, 0) is 0 Å². The molecule has 0 radical (unpaired) electrons. The second-order valence-corrected chi connectivity index (χ2v) is 5.41. The van der Waals surface area contributed by atoms with Crippen LogP contribution in [0.2, 0.25) is 0 Å². The van der Waals surface area contributed by atoms with E-state index in [9.17, 15) is 10.1 Å². The number of rotatable bonds is 3. The first-order valence-corrected chi connectivity index (χ1v) is 6.89. The Hall–Kier alpha value is -1.76. The number of nitrogens with one attached hydrogen (secondary N) is 1. The van der Waals surface area contributed by atoms with Gasteiger partial charge in [-0.15, -0.1) is 0 Å². The Labute approximate surface area is 113 Å². The van der Waals surface area contributed by atoms with Gasteiger partial charge in [-0.1, -0.05) is 13.3 Å². The van der Waals surface area contributed by atoms with Gasteiger partial charge >= 0.3 is 0 Å². The molecule has 0 atom stereocenters. The molecule has 0 saturated heterocycles. The Morgan fingerprint density at radius 2 is 2.21 bits per heavy atom. The first kappa shape index (κ1) is 13.7. The number of hydrogen-bond acceptors (Lipinski definition) is 3. The lowest BCUT2D eigenvalue weighted by Gasteiger charge is -2.35. The summed E-state index contributed by atoms with van der Waals surface area (Å²) in [5.74, 6) is 1.38. The minimum absolute atomic E-state index is 0.282. The molecule has 1 heterocycles. The van der Waals surface area contributed by atoms with E-state index in [0.29, 0.717) is 11.7 Å². The van der Waals surface area contributed by atoms with Gasteiger partial charge in [0.25, 0.3) is 5.91 Å². The van der Waals surface area contributed by atoms with Gasteiger partial charge < -0.3 is 9.73 Å². The van der Waals surface area contributed by atoms with Crippen molar-refractivity contribution in [1.82, 2.24) is 5.32 Å². The second kappa shape index (κ2) is 5.48. The summed E-state index contributed by atoms with van der Waals surface area (Å²) in [5.41, 5.74) is -0.719. The number of amides is 1. The molecule has 0 unspecified atom stereocenters. The lowest BCUT2D eigenvalue weighted by atomic mass is 9.76. The average Bonchev–Trinajstić information content (AvgIpc) is 2.86. The van der Waals surface area contributed by atoms with Crippen molar-refractivity contribution in [2.75, 3.05) is 0 Å². The van der Waals surface area contributed by atoms with Crippen molar-refractivity contribution in [1.29, 1.82) is 5.26 Å². The van der Waals surface area contributed by atoms with Crippen molar-refractivity contribution in [2.45, 2.75) is 51.5 Å². The summed E-state index contributed by atoms with van der Waals surface area (Å²) < 4.78 is 5.30. The van der Waals surface area contributed by atoms with Crippen LogP contribution >= 0.6 is 0 Å². The maximum atomic E-state index is 12.1. The molecule has 102 valence electrons. The van der Waals surface area contributed by atoms with E-state index in [4.69, 9.17) is 4.42 Å². The fourth-order valence-electron chi connectivity index (χ4n) is 2.68. The number of carbonyl (C=O) groups excluding carboxylic acids is 1. The van der Waals surface area contributed by atoms with Gasteiger partial charge in [-0.05, 0) is 50.7 Å². The Morgan fingerprint density at radius 3 is 2.68 bits per heavy atom. The zero-order chi connectivity index (χ0) is 13.9. The summed E-state index contributed by atoms with van der Waals surface area (Å²) in [4.78, 5) is 12.1. The Kier molecular flexibility index (Phi) is 3.94.